The third kappa shape index (κ3) is 4.67. The van der Waals surface area contributed by atoms with Gasteiger partial charge in [-0.3, -0.25) is 9.59 Å². The van der Waals surface area contributed by atoms with E-state index in [1.165, 1.54) is 19.0 Å². The number of nitrogens with one attached hydrogen (secondary N) is 1. The van der Waals surface area contributed by atoms with E-state index < -0.39 is 5.91 Å². The molecule has 1 aliphatic rings. The molecule has 6 heteroatoms. The van der Waals surface area contributed by atoms with Crippen LogP contribution in [0.25, 0.3) is 0 Å². The van der Waals surface area contributed by atoms with Gasteiger partial charge in [0, 0.05) is 17.7 Å². The van der Waals surface area contributed by atoms with E-state index in [2.05, 4.69) is 10.3 Å². The lowest BCUT2D eigenvalue weighted by Gasteiger charge is -2.07. The van der Waals surface area contributed by atoms with E-state index in [9.17, 15) is 9.59 Å². The minimum absolute atomic E-state index is 0.158. The Morgan fingerprint density at radius 2 is 2.08 bits per heavy atom. The van der Waals surface area contributed by atoms with E-state index in [1.807, 2.05) is 6.92 Å². The largest absolute Gasteiger partial charge is 0.439 e. The van der Waals surface area contributed by atoms with Gasteiger partial charge in [0.15, 0.2) is 0 Å². The van der Waals surface area contributed by atoms with Crippen LogP contribution in [-0.2, 0) is 4.79 Å². The van der Waals surface area contributed by atoms with Crippen molar-refractivity contribution in [2.45, 2.75) is 19.8 Å². The van der Waals surface area contributed by atoms with Gasteiger partial charge in [-0.25, -0.2) is 4.98 Å². The van der Waals surface area contributed by atoms with Gasteiger partial charge in [0.2, 0.25) is 17.7 Å². The zero-order valence-electron chi connectivity index (χ0n) is 13.9. The molecule has 0 atom stereocenters. The molecule has 128 valence electrons. The Morgan fingerprint density at radius 1 is 1.28 bits per heavy atom. The SMILES string of the molecule is C/C(=C\C(=O)Nc1ccc(Oc2cccc(C(N)=O)c2)nc1)C1CC1. The lowest BCUT2D eigenvalue weighted by atomic mass is 10.2. The molecule has 6 nitrogen and oxygen atoms in total. The summed E-state index contributed by atoms with van der Waals surface area (Å²) >= 11 is 0. The van der Waals surface area contributed by atoms with Gasteiger partial charge in [0.1, 0.15) is 5.75 Å². The van der Waals surface area contributed by atoms with Crippen LogP contribution in [0.15, 0.2) is 54.2 Å². The Hall–Kier alpha value is -3.15. The van der Waals surface area contributed by atoms with Gasteiger partial charge in [0.05, 0.1) is 11.9 Å². The summed E-state index contributed by atoms with van der Waals surface area (Å²) in [6, 6.07) is 9.89. The molecule has 1 saturated carbocycles. The first kappa shape index (κ1) is 16.7. The lowest BCUT2D eigenvalue weighted by Crippen LogP contribution is -2.10. The molecule has 0 radical (unpaired) electrons. The van der Waals surface area contributed by atoms with Crippen LogP contribution in [0.4, 0.5) is 5.69 Å². The Balaban J connectivity index is 1.62. The van der Waals surface area contributed by atoms with E-state index >= 15 is 0 Å². The molecule has 1 heterocycles. The molecule has 1 fully saturated rings. The van der Waals surface area contributed by atoms with Crippen molar-refractivity contribution < 1.29 is 14.3 Å². The van der Waals surface area contributed by atoms with Gasteiger partial charge in [-0.1, -0.05) is 11.6 Å². The molecule has 0 saturated heterocycles. The second-order valence-electron chi connectivity index (χ2n) is 6.03. The third-order valence-electron chi connectivity index (χ3n) is 3.92. The summed E-state index contributed by atoms with van der Waals surface area (Å²) in [6.45, 7) is 1.98. The topological polar surface area (TPSA) is 94.3 Å². The molecule has 2 aromatic rings. The van der Waals surface area contributed by atoms with E-state index in [0.29, 0.717) is 28.8 Å². The number of primary amides is 1. The van der Waals surface area contributed by atoms with Gasteiger partial charge in [-0.05, 0) is 49.9 Å². The average Bonchev–Trinajstić information content (AvgIpc) is 3.42. The van der Waals surface area contributed by atoms with Crippen molar-refractivity contribution >= 4 is 17.5 Å². The average molecular weight is 337 g/mol. The molecule has 0 bridgehead atoms. The smallest absolute Gasteiger partial charge is 0.248 e. The van der Waals surface area contributed by atoms with Gasteiger partial charge in [-0.15, -0.1) is 0 Å². The lowest BCUT2D eigenvalue weighted by molar-refractivity contribution is -0.112. The second-order valence-corrected chi connectivity index (χ2v) is 6.03. The van der Waals surface area contributed by atoms with Gasteiger partial charge in [0.25, 0.3) is 0 Å². The Morgan fingerprint density at radius 3 is 2.72 bits per heavy atom. The quantitative estimate of drug-likeness (QED) is 0.791. The molecule has 3 rings (SSSR count). The molecule has 1 aromatic heterocycles. The van der Waals surface area contributed by atoms with Crippen LogP contribution in [-0.4, -0.2) is 16.8 Å². The maximum Gasteiger partial charge on any atom is 0.248 e. The number of pyridine rings is 1. The fourth-order valence-electron chi connectivity index (χ4n) is 2.39. The number of nitrogens with two attached hydrogens (primary N) is 1. The maximum absolute atomic E-state index is 11.9. The summed E-state index contributed by atoms with van der Waals surface area (Å²) in [4.78, 5) is 27.3. The molecule has 0 spiro atoms. The zero-order valence-corrected chi connectivity index (χ0v) is 13.9. The van der Waals surface area contributed by atoms with E-state index in [4.69, 9.17) is 10.5 Å². The van der Waals surface area contributed by atoms with E-state index in [1.54, 1.807) is 42.5 Å². The first-order chi connectivity index (χ1) is 12.0. The second kappa shape index (κ2) is 7.17. The number of anilines is 1. The summed E-state index contributed by atoms with van der Waals surface area (Å²) < 4.78 is 5.59. The fourth-order valence-corrected chi connectivity index (χ4v) is 2.39. The number of carbonyl (C=O) groups excluding carboxylic acids is 2. The summed E-state index contributed by atoms with van der Waals surface area (Å²) in [5.41, 5.74) is 7.30. The number of ether oxygens (including phenoxy) is 1. The van der Waals surface area contributed by atoms with Crippen molar-refractivity contribution in [2.24, 2.45) is 11.7 Å². The number of rotatable bonds is 6. The van der Waals surface area contributed by atoms with Gasteiger partial charge >= 0.3 is 0 Å². The first-order valence-electron chi connectivity index (χ1n) is 8.04. The Kier molecular flexibility index (Phi) is 4.79. The summed E-state index contributed by atoms with van der Waals surface area (Å²) in [5, 5.41) is 2.78. The number of benzene rings is 1. The number of hydrogen-bond acceptors (Lipinski definition) is 4. The highest BCUT2D eigenvalue weighted by Crippen LogP contribution is 2.35. The molecular formula is C19H19N3O3. The maximum atomic E-state index is 11.9. The minimum atomic E-state index is -0.522. The molecular weight excluding hydrogens is 318 g/mol. The predicted molar refractivity (Wildman–Crippen MR) is 94.4 cm³/mol. The third-order valence-corrected chi connectivity index (χ3v) is 3.92. The van der Waals surface area contributed by atoms with Gasteiger partial charge in [-0.2, -0.15) is 0 Å². The van der Waals surface area contributed by atoms with E-state index in [-0.39, 0.29) is 5.91 Å². The van der Waals surface area contributed by atoms with Crippen LogP contribution in [0.1, 0.15) is 30.1 Å². The molecule has 1 aromatic carbocycles. The Bertz CT molecular complexity index is 824. The zero-order chi connectivity index (χ0) is 17.8. The molecule has 1 aliphatic carbocycles. The molecule has 0 aliphatic heterocycles. The molecule has 3 N–H and O–H groups in total. The number of nitrogens with zero attached hydrogens (tertiary/aromatic N) is 1. The van der Waals surface area contributed by atoms with Gasteiger partial charge < -0.3 is 15.8 Å². The predicted octanol–water partition coefficient (Wildman–Crippen LogP) is 3.27. The number of amides is 2. The van der Waals surface area contributed by atoms with E-state index in [0.717, 1.165) is 5.57 Å². The highest BCUT2D eigenvalue weighted by atomic mass is 16.5. The first-order valence-corrected chi connectivity index (χ1v) is 8.04. The van der Waals surface area contributed by atoms with Crippen LogP contribution in [0.2, 0.25) is 0 Å². The number of aromatic nitrogens is 1. The van der Waals surface area contributed by atoms with Crippen molar-refractivity contribution in [1.82, 2.24) is 4.98 Å². The molecule has 25 heavy (non-hydrogen) atoms. The van der Waals surface area contributed by atoms with Crippen molar-refractivity contribution in [2.75, 3.05) is 5.32 Å². The van der Waals surface area contributed by atoms with Crippen LogP contribution in [0.3, 0.4) is 0 Å². The standard InChI is InChI=1S/C19H19N3O3/c1-12(13-5-6-13)9-17(23)22-15-7-8-18(21-11-15)25-16-4-2-3-14(10-16)19(20)24/h2-4,7-11,13H,5-6H2,1H3,(H2,20,24)(H,22,23)/b12-9+. The van der Waals surface area contributed by atoms with Crippen LogP contribution in [0, 0.1) is 5.92 Å². The summed E-state index contributed by atoms with van der Waals surface area (Å²) in [7, 11) is 0. The van der Waals surface area contributed by atoms with Crippen molar-refractivity contribution in [3.8, 4) is 11.6 Å². The van der Waals surface area contributed by atoms with Crippen molar-refractivity contribution in [3.63, 3.8) is 0 Å². The minimum Gasteiger partial charge on any atom is -0.439 e. The summed E-state index contributed by atoms with van der Waals surface area (Å²) in [6.07, 6.45) is 5.49. The van der Waals surface area contributed by atoms with Crippen molar-refractivity contribution in [1.29, 1.82) is 0 Å². The van der Waals surface area contributed by atoms with Crippen molar-refractivity contribution in [3.05, 3.63) is 59.8 Å². The summed E-state index contributed by atoms with van der Waals surface area (Å²) in [5.74, 6) is 0.698. The Labute approximate surface area is 145 Å². The van der Waals surface area contributed by atoms with Crippen LogP contribution >= 0.6 is 0 Å². The number of allylic oxidation sites excluding steroid dienone is 1. The monoisotopic (exact) mass is 337 g/mol. The molecule has 0 unspecified atom stereocenters. The molecule has 2 amide bonds. The highest BCUT2D eigenvalue weighted by Gasteiger charge is 2.23. The van der Waals surface area contributed by atoms with Crippen LogP contribution < -0.4 is 15.8 Å². The number of hydrogen-bond donors (Lipinski definition) is 2. The fraction of sp³-hybridized carbons (Fsp3) is 0.211. The number of carbonyl (C=O) groups is 2. The van der Waals surface area contributed by atoms with Crippen LogP contribution in [0.5, 0.6) is 11.6 Å². The highest BCUT2D eigenvalue weighted by molar-refractivity contribution is 5.99. The normalized spacial score (nSPS) is 14.0.